The molecule has 1 aliphatic rings. The van der Waals surface area contributed by atoms with Gasteiger partial charge in [-0.3, -0.25) is 4.79 Å². The van der Waals surface area contributed by atoms with E-state index < -0.39 is 17.6 Å². The van der Waals surface area contributed by atoms with E-state index >= 15 is 0 Å². The Morgan fingerprint density at radius 1 is 1.27 bits per heavy atom. The first-order valence-corrected chi connectivity index (χ1v) is 7.94. The monoisotopic (exact) mass is 370 g/mol. The number of alkyl halides is 3. The second kappa shape index (κ2) is 7.68. The zero-order valence-electron chi connectivity index (χ0n) is 13.7. The van der Waals surface area contributed by atoms with Crippen molar-refractivity contribution >= 4 is 11.6 Å². The summed E-state index contributed by atoms with van der Waals surface area (Å²) in [5.41, 5.74) is -0.270. The number of nitrogens with zero attached hydrogens (tertiary/aromatic N) is 5. The first-order valence-electron chi connectivity index (χ1n) is 7.94. The van der Waals surface area contributed by atoms with Crippen molar-refractivity contribution in [3.63, 3.8) is 0 Å². The van der Waals surface area contributed by atoms with Crippen LogP contribution in [0.3, 0.4) is 0 Å². The van der Waals surface area contributed by atoms with Gasteiger partial charge in [0.1, 0.15) is 12.9 Å². The Balaban J connectivity index is 1.72. The average Bonchev–Trinajstić information content (AvgIpc) is 3.13. The standard InChI is InChI=1S/C15H17F3N6O2/c16-15(17,18)13-7-12(23-3-5-26-6-4-23)2-1-11(13)8-19-14(25)9-24-10-20-21-22-24/h1-2,7,10H,3-6,8-9H2,(H,19,25). The zero-order valence-corrected chi connectivity index (χ0v) is 13.7. The first kappa shape index (κ1) is 18.1. The minimum absolute atomic E-state index is 0.000394. The van der Waals surface area contributed by atoms with E-state index in [-0.39, 0.29) is 18.7 Å². The molecular formula is C15H17F3N6O2. The number of hydrogen-bond acceptors (Lipinski definition) is 6. The molecule has 0 bridgehead atoms. The van der Waals surface area contributed by atoms with Gasteiger partial charge in [0, 0.05) is 25.3 Å². The molecule has 1 aliphatic heterocycles. The van der Waals surface area contributed by atoms with Crippen LogP contribution in [0.15, 0.2) is 24.5 Å². The Morgan fingerprint density at radius 2 is 2.04 bits per heavy atom. The van der Waals surface area contributed by atoms with Gasteiger partial charge in [-0.25, -0.2) is 4.68 Å². The van der Waals surface area contributed by atoms with Gasteiger partial charge >= 0.3 is 6.18 Å². The molecule has 0 atom stereocenters. The second-order valence-corrected chi connectivity index (χ2v) is 5.72. The van der Waals surface area contributed by atoms with Crippen LogP contribution in [0.2, 0.25) is 0 Å². The highest BCUT2D eigenvalue weighted by molar-refractivity contribution is 5.75. The van der Waals surface area contributed by atoms with Gasteiger partial charge in [0.05, 0.1) is 18.8 Å². The lowest BCUT2D eigenvalue weighted by Crippen LogP contribution is -2.36. The number of carbonyl (C=O) groups is 1. The van der Waals surface area contributed by atoms with E-state index in [1.807, 2.05) is 4.90 Å². The van der Waals surface area contributed by atoms with E-state index in [2.05, 4.69) is 20.8 Å². The van der Waals surface area contributed by atoms with Crippen molar-refractivity contribution in [2.24, 2.45) is 0 Å². The lowest BCUT2D eigenvalue weighted by Gasteiger charge is -2.29. The largest absolute Gasteiger partial charge is 0.416 e. The number of benzene rings is 1. The number of rotatable bonds is 5. The highest BCUT2D eigenvalue weighted by Crippen LogP contribution is 2.35. The number of morpholine rings is 1. The Kier molecular flexibility index (Phi) is 5.35. The first-order chi connectivity index (χ1) is 12.4. The van der Waals surface area contributed by atoms with Crippen molar-refractivity contribution < 1.29 is 22.7 Å². The van der Waals surface area contributed by atoms with Crippen LogP contribution in [0, 0.1) is 0 Å². The highest BCUT2D eigenvalue weighted by Gasteiger charge is 2.34. The van der Waals surface area contributed by atoms with Gasteiger partial charge in [0.15, 0.2) is 0 Å². The lowest BCUT2D eigenvalue weighted by atomic mass is 10.0. The molecule has 1 aromatic heterocycles. The zero-order chi connectivity index (χ0) is 18.6. The molecule has 0 spiro atoms. The van der Waals surface area contributed by atoms with Crippen LogP contribution >= 0.6 is 0 Å². The third kappa shape index (κ3) is 4.48. The van der Waals surface area contributed by atoms with Crippen LogP contribution in [0.25, 0.3) is 0 Å². The fourth-order valence-electron chi connectivity index (χ4n) is 2.65. The normalized spacial score (nSPS) is 15.1. The minimum atomic E-state index is -4.52. The second-order valence-electron chi connectivity index (χ2n) is 5.72. The molecule has 11 heteroatoms. The molecule has 0 radical (unpaired) electrons. The van der Waals surface area contributed by atoms with E-state index in [9.17, 15) is 18.0 Å². The number of amides is 1. The summed E-state index contributed by atoms with van der Waals surface area (Å²) < 4.78 is 46.7. The van der Waals surface area contributed by atoms with Crippen LogP contribution in [0.5, 0.6) is 0 Å². The van der Waals surface area contributed by atoms with E-state index in [0.29, 0.717) is 32.0 Å². The van der Waals surface area contributed by atoms with Gasteiger partial charge in [-0.05, 0) is 28.1 Å². The molecule has 0 saturated carbocycles. The number of carbonyl (C=O) groups excluding carboxylic acids is 1. The summed E-state index contributed by atoms with van der Waals surface area (Å²) in [6.45, 7) is 1.64. The van der Waals surface area contributed by atoms with Crippen LogP contribution in [0.4, 0.5) is 18.9 Å². The number of hydrogen-bond donors (Lipinski definition) is 1. The van der Waals surface area contributed by atoms with Gasteiger partial charge < -0.3 is 15.0 Å². The fraction of sp³-hybridized carbons (Fsp3) is 0.467. The van der Waals surface area contributed by atoms with Gasteiger partial charge in [0.25, 0.3) is 0 Å². The molecule has 1 aromatic carbocycles. The molecular weight excluding hydrogens is 353 g/mol. The van der Waals surface area contributed by atoms with Crippen LogP contribution < -0.4 is 10.2 Å². The summed E-state index contributed by atoms with van der Waals surface area (Å²) in [5, 5.41) is 12.8. The Morgan fingerprint density at radius 3 is 2.69 bits per heavy atom. The quantitative estimate of drug-likeness (QED) is 0.840. The van der Waals surface area contributed by atoms with Gasteiger partial charge in [-0.15, -0.1) is 5.10 Å². The van der Waals surface area contributed by atoms with E-state index in [1.165, 1.54) is 17.1 Å². The highest BCUT2D eigenvalue weighted by atomic mass is 19.4. The smallest absolute Gasteiger partial charge is 0.378 e. The maximum atomic E-state index is 13.4. The molecule has 140 valence electrons. The predicted molar refractivity (Wildman–Crippen MR) is 84.1 cm³/mol. The summed E-state index contributed by atoms with van der Waals surface area (Å²) >= 11 is 0. The third-order valence-corrected chi connectivity index (χ3v) is 3.95. The van der Waals surface area contributed by atoms with E-state index in [4.69, 9.17) is 4.74 Å². The summed E-state index contributed by atoms with van der Waals surface area (Å²) in [4.78, 5) is 13.7. The molecule has 1 saturated heterocycles. The molecule has 1 N–H and O–H groups in total. The van der Waals surface area contributed by atoms with Crippen molar-refractivity contribution in [3.05, 3.63) is 35.7 Å². The molecule has 1 fully saturated rings. The predicted octanol–water partition coefficient (Wildman–Crippen LogP) is 0.845. The minimum Gasteiger partial charge on any atom is -0.378 e. The summed E-state index contributed by atoms with van der Waals surface area (Å²) in [7, 11) is 0. The third-order valence-electron chi connectivity index (χ3n) is 3.95. The molecule has 2 aromatic rings. The SMILES string of the molecule is O=C(Cn1cnnn1)NCc1ccc(N2CCOCC2)cc1C(F)(F)F. The van der Waals surface area contributed by atoms with Crippen LogP contribution in [-0.2, 0) is 28.8 Å². The molecule has 1 amide bonds. The molecule has 3 rings (SSSR count). The van der Waals surface area contributed by atoms with Crippen molar-refractivity contribution in [2.45, 2.75) is 19.3 Å². The average molecular weight is 370 g/mol. The van der Waals surface area contributed by atoms with Crippen molar-refractivity contribution in [1.29, 1.82) is 0 Å². The number of anilines is 1. The summed E-state index contributed by atoms with van der Waals surface area (Å²) in [5.74, 6) is -0.484. The van der Waals surface area contributed by atoms with Crippen LogP contribution in [0.1, 0.15) is 11.1 Å². The lowest BCUT2D eigenvalue weighted by molar-refractivity contribution is -0.138. The molecule has 0 aliphatic carbocycles. The number of ether oxygens (including phenoxy) is 1. The Bertz CT molecular complexity index is 744. The topological polar surface area (TPSA) is 85.2 Å². The van der Waals surface area contributed by atoms with Crippen LogP contribution in [-0.4, -0.2) is 52.4 Å². The maximum Gasteiger partial charge on any atom is 0.416 e. The van der Waals surface area contributed by atoms with Crippen molar-refractivity contribution in [2.75, 3.05) is 31.2 Å². The molecule has 2 heterocycles. The van der Waals surface area contributed by atoms with Gasteiger partial charge in [-0.1, -0.05) is 6.07 Å². The number of tetrazole rings is 1. The molecule has 8 nitrogen and oxygen atoms in total. The van der Waals surface area contributed by atoms with Crippen molar-refractivity contribution in [1.82, 2.24) is 25.5 Å². The number of aromatic nitrogens is 4. The Labute approximate surface area is 146 Å². The van der Waals surface area contributed by atoms with Crippen molar-refractivity contribution in [3.8, 4) is 0 Å². The number of halogens is 3. The molecule has 0 unspecified atom stereocenters. The van der Waals surface area contributed by atoms with Gasteiger partial charge in [-0.2, -0.15) is 13.2 Å². The summed E-state index contributed by atoms with van der Waals surface area (Å²) in [6, 6.07) is 4.14. The van der Waals surface area contributed by atoms with E-state index in [0.717, 1.165) is 6.07 Å². The number of nitrogens with one attached hydrogen (secondary N) is 1. The van der Waals surface area contributed by atoms with Gasteiger partial charge in [0.2, 0.25) is 5.91 Å². The maximum absolute atomic E-state index is 13.4. The molecule has 26 heavy (non-hydrogen) atoms. The Hall–Kier alpha value is -2.69. The summed E-state index contributed by atoms with van der Waals surface area (Å²) in [6.07, 6.45) is -3.27. The fourth-order valence-corrected chi connectivity index (χ4v) is 2.65. The van der Waals surface area contributed by atoms with E-state index in [1.54, 1.807) is 6.07 Å².